The van der Waals surface area contributed by atoms with E-state index in [0.29, 0.717) is 5.89 Å². The molecule has 0 atom stereocenters. The molecule has 0 bridgehead atoms. The third-order valence-electron chi connectivity index (χ3n) is 3.17. The van der Waals surface area contributed by atoms with E-state index >= 15 is 0 Å². The van der Waals surface area contributed by atoms with Crippen LogP contribution < -0.4 is 5.73 Å². The number of rotatable bonds is 5. The van der Waals surface area contributed by atoms with Crippen molar-refractivity contribution in [3.8, 4) is 0 Å². The van der Waals surface area contributed by atoms with Crippen LogP contribution in [0.15, 0.2) is 10.9 Å². The van der Waals surface area contributed by atoms with Gasteiger partial charge in [0.25, 0.3) is 0 Å². The lowest BCUT2D eigenvalue weighted by molar-refractivity contribution is -0.131. The summed E-state index contributed by atoms with van der Waals surface area (Å²) in [5, 5.41) is 3.57. The highest BCUT2D eigenvalue weighted by molar-refractivity contribution is 5.78. The first-order valence-electron chi connectivity index (χ1n) is 6.25. The molecule has 0 spiro atoms. The van der Waals surface area contributed by atoms with Crippen molar-refractivity contribution in [1.82, 2.24) is 19.9 Å². The second-order valence-corrected chi connectivity index (χ2v) is 4.37. The number of aromatic nitrogens is 2. The lowest BCUT2D eigenvalue weighted by atomic mass is 10.2. The molecule has 1 aromatic heterocycles. The van der Waals surface area contributed by atoms with Crippen molar-refractivity contribution >= 4 is 5.91 Å². The van der Waals surface area contributed by atoms with Gasteiger partial charge in [-0.15, -0.1) is 0 Å². The summed E-state index contributed by atoms with van der Waals surface area (Å²) in [6.07, 6.45) is 3.22. The molecule has 2 N–H and O–H groups in total. The number of hydrogen-bond donors (Lipinski definition) is 1. The summed E-state index contributed by atoms with van der Waals surface area (Å²) in [5.74, 6) is 0.729. The van der Waals surface area contributed by atoms with E-state index in [4.69, 9.17) is 10.3 Å². The summed E-state index contributed by atoms with van der Waals surface area (Å²) >= 11 is 0. The van der Waals surface area contributed by atoms with Crippen LogP contribution >= 0.6 is 0 Å². The van der Waals surface area contributed by atoms with E-state index in [1.807, 2.05) is 4.90 Å². The Labute approximate surface area is 106 Å². The fourth-order valence-electron chi connectivity index (χ4n) is 2.11. The Morgan fingerprint density at radius 2 is 2.17 bits per heavy atom. The number of piperazine rings is 1. The Morgan fingerprint density at radius 1 is 1.39 bits per heavy atom. The van der Waals surface area contributed by atoms with Gasteiger partial charge in [-0.1, -0.05) is 5.16 Å². The smallest absolute Gasteiger partial charge is 0.236 e. The molecule has 1 saturated heterocycles. The number of aryl methyl sites for hydroxylation is 1. The molecule has 2 heterocycles. The van der Waals surface area contributed by atoms with Crippen molar-refractivity contribution in [1.29, 1.82) is 0 Å². The summed E-state index contributed by atoms with van der Waals surface area (Å²) in [7, 11) is 0. The molecule has 1 fully saturated rings. The van der Waals surface area contributed by atoms with Crippen LogP contribution in [0.2, 0.25) is 0 Å². The molecule has 0 radical (unpaired) electrons. The molecule has 1 aliphatic rings. The quantitative estimate of drug-likeness (QED) is 0.732. The molecule has 1 aliphatic heterocycles. The van der Waals surface area contributed by atoms with Crippen LogP contribution in [-0.4, -0.2) is 65.1 Å². The third-order valence-corrected chi connectivity index (χ3v) is 3.17. The van der Waals surface area contributed by atoms with Crippen LogP contribution in [0.4, 0.5) is 0 Å². The van der Waals surface area contributed by atoms with Gasteiger partial charge in [0, 0.05) is 32.6 Å². The molecule has 7 heteroatoms. The van der Waals surface area contributed by atoms with Gasteiger partial charge in [0.15, 0.2) is 6.33 Å². The standard InChI is InChI=1S/C11H19N5O2/c12-8-11(17)16-6-4-15(5-7-16)3-1-2-10-13-9-14-18-10/h9H,1-8,12H2. The van der Waals surface area contributed by atoms with Crippen molar-refractivity contribution in [2.75, 3.05) is 39.3 Å². The van der Waals surface area contributed by atoms with E-state index in [1.165, 1.54) is 6.33 Å². The fraction of sp³-hybridized carbons (Fsp3) is 0.727. The number of hydrogen-bond acceptors (Lipinski definition) is 6. The molecule has 0 aliphatic carbocycles. The van der Waals surface area contributed by atoms with Crippen LogP contribution in [0.1, 0.15) is 12.3 Å². The number of carbonyl (C=O) groups excluding carboxylic acids is 1. The molecule has 2 rings (SSSR count). The first kappa shape index (κ1) is 13.0. The Bertz CT molecular complexity index is 360. The zero-order valence-corrected chi connectivity index (χ0v) is 10.4. The van der Waals surface area contributed by atoms with E-state index in [0.717, 1.165) is 45.6 Å². The van der Waals surface area contributed by atoms with Gasteiger partial charge in [-0.3, -0.25) is 9.69 Å². The first-order chi connectivity index (χ1) is 8.79. The van der Waals surface area contributed by atoms with Crippen molar-refractivity contribution < 1.29 is 9.32 Å². The molecule has 0 unspecified atom stereocenters. The highest BCUT2D eigenvalue weighted by Gasteiger charge is 2.19. The Balaban J connectivity index is 1.63. The van der Waals surface area contributed by atoms with Crippen LogP contribution in [0.3, 0.4) is 0 Å². The molecule has 1 amide bonds. The first-order valence-corrected chi connectivity index (χ1v) is 6.25. The monoisotopic (exact) mass is 253 g/mol. The Hall–Kier alpha value is -1.47. The summed E-state index contributed by atoms with van der Waals surface area (Å²) < 4.78 is 4.94. The largest absolute Gasteiger partial charge is 0.340 e. The second kappa shape index (κ2) is 6.46. The topological polar surface area (TPSA) is 88.5 Å². The number of nitrogens with zero attached hydrogens (tertiary/aromatic N) is 4. The summed E-state index contributed by atoms with van der Waals surface area (Å²) in [6.45, 7) is 4.47. The van der Waals surface area contributed by atoms with Gasteiger partial charge in [0.2, 0.25) is 11.8 Å². The molecule has 18 heavy (non-hydrogen) atoms. The minimum absolute atomic E-state index is 0.0421. The van der Waals surface area contributed by atoms with Crippen molar-refractivity contribution in [2.45, 2.75) is 12.8 Å². The molecular formula is C11H19N5O2. The Morgan fingerprint density at radius 3 is 2.78 bits per heavy atom. The van der Waals surface area contributed by atoms with Crippen LogP contribution in [0.25, 0.3) is 0 Å². The Kier molecular flexibility index (Phi) is 4.66. The zero-order chi connectivity index (χ0) is 12.8. The van der Waals surface area contributed by atoms with Gasteiger partial charge in [0.1, 0.15) is 0 Å². The third kappa shape index (κ3) is 3.51. The normalized spacial score (nSPS) is 17.1. The maximum Gasteiger partial charge on any atom is 0.236 e. The maximum atomic E-state index is 11.4. The van der Waals surface area contributed by atoms with Gasteiger partial charge in [-0.2, -0.15) is 4.98 Å². The average molecular weight is 253 g/mol. The molecule has 0 saturated carbocycles. The second-order valence-electron chi connectivity index (χ2n) is 4.37. The molecule has 100 valence electrons. The van der Waals surface area contributed by atoms with Crippen molar-refractivity contribution in [2.24, 2.45) is 5.73 Å². The molecular weight excluding hydrogens is 234 g/mol. The van der Waals surface area contributed by atoms with Gasteiger partial charge < -0.3 is 15.2 Å². The summed E-state index contributed by atoms with van der Waals surface area (Å²) in [6, 6.07) is 0. The fourth-order valence-corrected chi connectivity index (χ4v) is 2.11. The predicted molar refractivity (Wildman–Crippen MR) is 64.7 cm³/mol. The van der Waals surface area contributed by atoms with E-state index in [2.05, 4.69) is 15.0 Å². The average Bonchev–Trinajstić information content (AvgIpc) is 2.92. The minimum Gasteiger partial charge on any atom is -0.340 e. The maximum absolute atomic E-state index is 11.4. The van der Waals surface area contributed by atoms with Crippen LogP contribution in [0, 0.1) is 0 Å². The SMILES string of the molecule is NCC(=O)N1CCN(CCCc2ncno2)CC1. The lowest BCUT2D eigenvalue weighted by Crippen LogP contribution is -2.50. The van der Waals surface area contributed by atoms with Gasteiger partial charge in [-0.05, 0) is 13.0 Å². The molecule has 0 aromatic carbocycles. The van der Waals surface area contributed by atoms with Crippen LogP contribution in [0.5, 0.6) is 0 Å². The summed E-state index contributed by atoms with van der Waals surface area (Å²) in [5.41, 5.74) is 5.34. The van der Waals surface area contributed by atoms with Crippen molar-refractivity contribution in [3.63, 3.8) is 0 Å². The zero-order valence-electron chi connectivity index (χ0n) is 10.4. The van der Waals surface area contributed by atoms with E-state index in [1.54, 1.807) is 0 Å². The van der Waals surface area contributed by atoms with E-state index < -0.39 is 0 Å². The highest BCUT2D eigenvalue weighted by Crippen LogP contribution is 2.04. The highest BCUT2D eigenvalue weighted by atomic mass is 16.5. The van der Waals surface area contributed by atoms with E-state index in [-0.39, 0.29) is 12.5 Å². The lowest BCUT2D eigenvalue weighted by Gasteiger charge is -2.34. The van der Waals surface area contributed by atoms with Gasteiger partial charge >= 0.3 is 0 Å². The van der Waals surface area contributed by atoms with E-state index in [9.17, 15) is 4.79 Å². The van der Waals surface area contributed by atoms with Crippen molar-refractivity contribution in [3.05, 3.63) is 12.2 Å². The van der Waals surface area contributed by atoms with Crippen LogP contribution in [-0.2, 0) is 11.2 Å². The minimum atomic E-state index is 0.0421. The summed E-state index contributed by atoms with van der Waals surface area (Å²) in [4.78, 5) is 19.6. The predicted octanol–water partition coefficient (Wildman–Crippen LogP) is -0.895. The molecule has 7 nitrogen and oxygen atoms in total. The van der Waals surface area contributed by atoms with Gasteiger partial charge in [0.05, 0.1) is 6.54 Å². The molecule has 1 aromatic rings. The number of amides is 1. The van der Waals surface area contributed by atoms with Gasteiger partial charge in [-0.25, -0.2) is 0 Å². The number of carbonyl (C=O) groups is 1. The number of nitrogens with two attached hydrogens (primary N) is 1.